The lowest BCUT2D eigenvalue weighted by atomic mass is 10.0. The Morgan fingerprint density at radius 1 is 0.914 bits per heavy atom. The van der Waals surface area contributed by atoms with Crippen LogP contribution in [0.5, 0.6) is 5.75 Å². The second kappa shape index (κ2) is 12.7. The molecule has 2 atom stereocenters. The lowest BCUT2D eigenvalue weighted by Gasteiger charge is -2.32. The number of nitrogens with one attached hydrogen (secondary N) is 1. The van der Waals surface area contributed by atoms with Crippen molar-refractivity contribution in [3.05, 3.63) is 101 Å². The summed E-state index contributed by atoms with van der Waals surface area (Å²) in [7, 11) is 0. The van der Waals surface area contributed by atoms with Crippen LogP contribution in [0.25, 0.3) is 0 Å². The van der Waals surface area contributed by atoms with Crippen LogP contribution >= 0.6 is 0 Å². The van der Waals surface area contributed by atoms with E-state index in [0.29, 0.717) is 18.7 Å². The standard InChI is InChI=1S/C30H36N2O3/c1-5-24(4)31-30(34)27(19-25-12-8-6-9-13-25)32(20-26-14-10-7-11-15-26)29(33)21-35-28-18-22(2)16-17-23(28)3/h6-18,24,27H,5,19-21H2,1-4H3,(H,31,34)/t24-,27-/m1/s1. The minimum atomic E-state index is -0.665. The van der Waals surface area contributed by atoms with E-state index in [9.17, 15) is 9.59 Å². The molecule has 0 spiro atoms. The summed E-state index contributed by atoms with van der Waals surface area (Å²) in [5.41, 5.74) is 3.99. The fraction of sp³-hybridized carbons (Fsp3) is 0.333. The van der Waals surface area contributed by atoms with Crippen LogP contribution in [-0.2, 0) is 22.6 Å². The molecule has 0 fully saturated rings. The van der Waals surface area contributed by atoms with Crippen molar-refractivity contribution < 1.29 is 14.3 Å². The molecule has 0 heterocycles. The molecule has 3 aromatic carbocycles. The molecule has 1 N–H and O–H groups in total. The van der Waals surface area contributed by atoms with E-state index in [1.807, 2.05) is 107 Å². The fourth-order valence-corrected chi connectivity index (χ4v) is 3.86. The monoisotopic (exact) mass is 472 g/mol. The van der Waals surface area contributed by atoms with E-state index in [1.54, 1.807) is 4.90 Å². The highest BCUT2D eigenvalue weighted by molar-refractivity contribution is 5.88. The first-order chi connectivity index (χ1) is 16.9. The summed E-state index contributed by atoms with van der Waals surface area (Å²) in [5.74, 6) is 0.302. The smallest absolute Gasteiger partial charge is 0.261 e. The average Bonchev–Trinajstić information content (AvgIpc) is 2.87. The molecule has 0 aliphatic carbocycles. The Balaban J connectivity index is 1.91. The number of nitrogens with zero attached hydrogens (tertiary/aromatic N) is 1. The van der Waals surface area contributed by atoms with Crippen LogP contribution in [0.2, 0.25) is 0 Å². The van der Waals surface area contributed by atoms with E-state index >= 15 is 0 Å². The molecule has 5 heteroatoms. The topological polar surface area (TPSA) is 58.6 Å². The van der Waals surface area contributed by atoms with Gasteiger partial charge in [0.25, 0.3) is 5.91 Å². The molecule has 0 aromatic heterocycles. The molecule has 0 aliphatic heterocycles. The molecule has 0 aliphatic rings. The Hall–Kier alpha value is -3.60. The second-order valence-electron chi connectivity index (χ2n) is 9.09. The quantitative estimate of drug-likeness (QED) is 0.415. The van der Waals surface area contributed by atoms with Crippen LogP contribution in [-0.4, -0.2) is 35.4 Å². The van der Waals surface area contributed by atoms with Crippen molar-refractivity contribution in [2.24, 2.45) is 0 Å². The third-order valence-corrected chi connectivity index (χ3v) is 6.16. The van der Waals surface area contributed by atoms with Gasteiger partial charge in [0.05, 0.1) is 0 Å². The van der Waals surface area contributed by atoms with E-state index in [-0.39, 0.29) is 24.5 Å². The molecule has 184 valence electrons. The summed E-state index contributed by atoms with van der Waals surface area (Å²) in [4.78, 5) is 28.8. The predicted molar refractivity (Wildman–Crippen MR) is 140 cm³/mol. The maximum Gasteiger partial charge on any atom is 0.261 e. The van der Waals surface area contributed by atoms with Gasteiger partial charge in [0, 0.05) is 19.0 Å². The van der Waals surface area contributed by atoms with Crippen LogP contribution < -0.4 is 10.1 Å². The van der Waals surface area contributed by atoms with Crippen molar-refractivity contribution in [3.63, 3.8) is 0 Å². The molecule has 35 heavy (non-hydrogen) atoms. The lowest BCUT2D eigenvalue weighted by molar-refractivity contribution is -0.143. The highest BCUT2D eigenvalue weighted by atomic mass is 16.5. The van der Waals surface area contributed by atoms with Gasteiger partial charge in [0.1, 0.15) is 11.8 Å². The maximum atomic E-state index is 13.6. The number of hydrogen-bond acceptors (Lipinski definition) is 3. The molecule has 5 nitrogen and oxygen atoms in total. The van der Waals surface area contributed by atoms with Gasteiger partial charge in [-0.05, 0) is 55.5 Å². The van der Waals surface area contributed by atoms with Gasteiger partial charge in [-0.1, -0.05) is 79.7 Å². The minimum Gasteiger partial charge on any atom is -0.483 e. The van der Waals surface area contributed by atoms with Crippen LogP contribution in [0.3, 0.4) is 0 Å². The molecule has 0 bridgehead atoms. The van der Waals surface area contributed by atoms with Gasteiger partial charge in [0.2, 0.25) is 5.91 Å². The van der Waals surface area contributed by atoms with Gasteiger partial charge < -0.3 is 15.0 Å². The Kier molecular flexibility index (Phi) is 9.47. The molecule has 0 radical (unpaired) electrons. The summed E-state index contributed by atoms with van der Waals surface area (Å²) in [6.45, 7) is 8.14. The number of aryl methyl sites for hydroxylation is 2. The first-order valence-electron chi connectivity index (χ1n) is 12.2. The number of ether oxygens (including phenoxy) is 1. The zero-order valence-electron chi connectivity index (χ0n) is 21.2. The average molecular weight is 473 g/mol. The molecule has 0 saturated heterocycles. The van der Waals surface area contributed by atoms with Crippen molar-refractivity contribution in [1.82, 2.24) is 10.2 Å². The Morgan fingerprint density at radius 2 is 1.54 bits per heavy atom. The minimum absolute atomic E-state index is 0.0145. The molecule has 0 unspecified atom stereocenters. The normalized spacial score (nSPS) is 12.5. The van der Waals surface area contributed by atoms with Crippen LogP contribution in [0, 0.1) is 13.8 Å². The van der Waals surface area contributed by atoms with Crippen molar-refractivity contribution in [2.45, 2.75) is 59.2 Å². The van der Waals surface area contributed by atoms with E-state index in [4.69, 9.17) is 4.74 Å². The number of carbonyl (C=O) groups excluding carboxylic acids is 2. The van der Waals surface area contributed by atoms with Crippen LogP contribution in [0.1, 0.15) is 42.5 Å². The number of amides is 2. The number of hydrogen-bond donors (Lipinski definition) is 1. The summed E-state index contributed by atoms with van der Waals surface area (Å²) in [6.07, 6.45) is 1.23. The zero-order valence-corrected chi connectivity index (χ0v) is 21.2. The molecule has 2 amide bonds. The summed E-state index contributed by atoms with van der Waals surface area (Å²) in [6, 6.07) is 24.9. The second-order valence-corrected chi connectivity index (χ2v) is 9.09. The maximum absolute atomic E-state index is 13.6. The van der Waals surface area contributed by atoms with Crippen molar-refractivity contribution in [1.29, 1.82) is 0 Å². The number of rotatable bonds is 11. The summed E-state index contributed by atoms with van der Waals surface area (Å²) < 4.78 is 5.96. The highest BCUT2D eigenvalue weighted by Gasteiger charge is 2.31. The summed E-state index contributed by atoms with van der Waals surface area (Å²) >= 11 is 0. The Bertz CT molecular complexity index is 1100. The largest absolute Gasteiger partial charge is 0.483 e. The van der Waals surface area contributed by atoms with Crippen molar-refractivity contribution in [3.8, 4) is 5.75 Å². The van der Waals surface area contributed by atoms with Gasteiger partial charge in [-0.3, -0.25) is 9.59 Å². The Labute approximate surface area is 209 Å². The molecular formula is C30H36N2O3. The Morgan fingerprint density at radius 3 is 2.17 bits per heavy atom. The predicted octanol–water partition coefficient (Wildman–Crippen LogP) is 5.24. The molecule has 0 saturated carbocycles. The van der Waals surface area contributed by atoms with Crippen molar-refractivity contribution >= 4 is 11.8 Å². The van der Waals surface area contributed by atoms with E-state index in [0.717, 1.165) is 28.7 Å². The van der Waals surface area contributed by atoms with Gasteiger partial charge in [-0.25, -0.2) is 0 Å². The van der Waals surface area contributed by atoms with Gasteiger partial charge >= 0.3 is 0 Å². The summed E-state index contributed by atoms with van der Waals surface area (Å²) in [5, 5.41) is 3.09. The zero-order chi connectivity index (χ0) is 25.2. The van der Waals surface area contributed by atoms with Gasteiger partial charge in [0.15, 0.2) is 6.61 Å². The van der Waals surface area contributed by atoms with E-state index in [1.165, 1.54) is 0 Å². The highest BCUT2D eigenvalue weighted by Crippen LogP contribution is 2.20. The lowest BCUT2D eigenvalue weighted by Crippen LogP contribution is -2.53. The van der Waals surface area contributed by atoms with E-state index in [2.05, 4.69) is 5.32 Å². The van der Waals surface area contributed by atoms with Gasteiger partial charge in [-0.15, -0.1) is 0 Å². The first kappa shape index (κ1) is 26.0. The SMILES string of the molecule is CC[C@@H](C)NC(=O)[C@@H](Cc1ccccc1)N(Cc1ccccc1)C(=O)COc1cc(C)ccc1C. The van der Waals surface area contributed by atoms with E-state index < -0.39 is 6.04 Å². The molecular weight excluding hydrogens is 436 g/mol. The third-order valence-electron chi connectivity index (χ3n) is 6.16. The van der Waals surface area contributed by atoms with Crippen molar-refractivity contribution in [2.75, 3.05) is 6.61 Å². The number of carbonyl (C=O) groups is 2. The first-order valence-corrected chi connectivity index (χ1v) is 12.2. The third kappa shape index (κ3) is 7.71. The van der Waals surface area contributed by atoms with Crippen LogP contribution in [0.4, 0.5) is 0 Å². The number of benzene rings is 3. The fourth-order valence-electron chi connectivity index (χ4n) is 3.86. The van der Waals surface area contributed by atoms with Crippen LogP contribution in [0.15, 0.2) is 78.9 Å². The molecule has 3 aromatic rings. The molecule has 3 rings (SSSR count). The van der Waals surface area contributed by atoms with Gasteiger partial charge in [-0.2, -0.15) is 0 Å².